The first kappa shape index (κ1) is 59.5. The molecule has 0 bridgehead atoms. The third-order valence-electron chi connectivity index (χ3n) is 13.8. The lowest BCUT2D eigenvalue weighted by Gasteiger charge is -2.40. The van der Waals surface area contributed by atoms with Crippen LogP contribution in [0.5, 0.6) is 0 Å². The Morgan fingerprint density at radius 3 is 1.43 bits per heavy atom. The van der Waals surface area contributed by atoms with E-state index >= 15 is 0 Å². The molecule has 8 atom stereocenters. The predicted octanol–water partition coefficient (Wildman–Crippen LogP) is 11.3. The van der Waals surface area contributed by atoms with Crippen LogP contribution in [0, 0.1) is 0 Å². The summed E-state index contributed by atoms with van der Waals surface area (Å²) >= 11 is 0. The molecular formula is C55H101NO9. The van der Waals surface area contributed by atoms with Crippen LogP contribution in [-0.4, -0.2) is 98.7 Å². The first-order valence-corrected chi connectivity index (χ1v) is 27.4. The number of carbonyl (C=O) groups excluding carboxylic acids is 1. The van der Waals surface area contributed by atoms with Crippen molar-refractivity contribution in [3.63, 3.8) is 0 Å². The number of carbonyl (C=O) groups is 1. The van der Waals surface area contributed by atoms with Crippen LogP contribution in [0.15, 0.2) is 30.3 Å². The van der Waals surface area contributed by atoms with Gasteiger partial charge in [-0.25, -0.2) is 0 Å². The van der Waals surface area contributed by atoms with Crippen molar-refractivity contribution in [2.75, 3.05) is 13.2 Å². The van der Waals surface area contributed by atoms with Gasteiger partial charge in [0.05, 0.1) is 25.4 Å². The summed E-state index contributed by atoms with van der Waals surface area (Å²) < 4.78 is 11.2. The largest absolute Gasteiger partial charge is 0.394 e. The first-order valence-electron chi connectivity index (χ1n) is 27.4. The van der Waals surface area contributed by atoms with Crippen molar-refractivity contribution in [2.45, 2.75) is 293 Å². The molecule has 0 radical (unpaired) electrons. The molecule has 1 aromatic rings. The van der Waals surface area contributed by atoms with Crippen molar-refractivity contribution in [2.24, 2.45) is 0 Å². The lowest BCUT2D eigenvalue weighted by molar-refractivity contribution is -0.303. The van der Waals surface area contributed by atoms with Crippen molar-refractivity contribution in [1.82, 2.24) is 5.32 Å². The van der Waals surface area contributed by atoms with Gasteiger partial charge in [0.2, 0.25) is 5.91 Å². The number of aliphatic hydroxyl groups is 6. The highest BCUT2D eigenvalue weighted by atomic mass is 16.7. The van der Waals surface area contributed by atoms with E-state index in [4.69, 9.17) is 9.47 Å². The molecule has 0 spiro atoms. The summed E-state index contributed by atoms with van der Waals surface area (Å²) in [5.74, 6) is -0.254. The van der Waals surface area contributed by atoms with Crippen LogP contribution < -0.4 is 5.32 Å². The van der Waals surface area contributed by atoms with Gasteiger partial charge in [0.15, 0.2) is 6.29 Å². The molecule has 2 rings (SSSR count). The van der Waals surface area contributed by atoms with Gasteiger partial charge in [-0.15, -0.1) is 0 Å². The summed E-state index contributed by atoms with van der Waals surface area (Å²) in [6.45, 7) is 1.34. The van der Waals surface area contributed by atoms with Gasteiger partial charge in [0.1, 0.15) is 30.5 Å². The van der Waals surface area contributed by atoms with Crippen molar-refractivity contribution in [3.8, 4) is 0 Å². The summed E-state index contributed by atoms with van der Waals surface area (Å²) in [6, 6.07) is 9.88. The van der Waals surface area contributed by atoms with E-state index in [-0.39, 0.29) is 18.9 Å². The number of nitrogens with one attached hydrogen (secondary N) is 1. The number of ether oxygens (including phenoxy) is 2. The lowest BCUT2D eigenvalue weighted by atomic mass is 9.98. The number of benzene rings is 1. The zero-order valence-electron chi connectivity index (χ0n) is 41.5. The highest BCUT2D eigenvalue weighted by Crippen LogP contribution is 2.23. The maximum absolute atomic E-state index is 13.1. The zero-order chi connectivity index (χ0) is 47.0. The summed E-state index contributed by atoms with van der Waals surface area (Å²) in [7, 11) is 0. The van der Waals surface area contributed by atoms with Gasteiger partial charge in [-0.05, 0) is 31.2 Å². The highest BCUT2D eigenvalue weighted by Gasteiger charge is 2.44. The van der Waals surface area contributed by atoms with Crippen LogP contribution in [0.25, 0.3) is 0 Å². The minimum absolute atomic E-state index is 0.254. The first-order chi connectivity index (χ1) is 31.8. The minimum atomic E-state index is -1.61. The molecule has 0 aliphatic carbocycles. The van der Waals surface area contributed by atoms with Gasteiger partial charge in [-0.3, -0.25) is 4.79 Å². The van der Waals surface area contributed by atoms with Crippen molar-refractivity contribution in [1.29, 1.82) is 0 Å². The molecular weight excluding hydrogens is 819 g/mol. The molecule has 10 nitrogen and oxygen atoms in total. The van der Waals surface area contributed by atoms with E-state index in [0.29, 0.717) is 6.42 Å². The van der Waals surface area contributed by atoms with Crippen LogP contribution in [-0.2, 0) is 20.7 Å². The minimum Gasteiger partial charge on any atom is -0.394 e. The van der Waals surface area contributed by atoms with Crippen LogP contribution in [0.1, 0.15) is 244 Å². The monoisotopic (exact) mass is 920 g/mol. The number of aryl methyl sites for hydroxylation is 1. The third kappa shape index (κ3) is 30.5. The average molecular weight is 920 g/mol. The molecule has 7 N–H and O–H groups in total. The SMILES string of the molecule is CCCCCCCCCCCCCC[C@@H](O)[C@@H](O)[C@H](COC1OC(CO)C(O)C(O)[C@@H]1O)NC(=O)CCCCCCCCCCCCCCCCCCCCCCCCc1ccccc1. The second kappa shape index (κ2) is 41.4. The quantitative estimate of drug-likeness (QED) is 0.0315. The van der Waals surface area contributed by atoms with Gasteiger partial charge >= 0.3 is 0 Å². The van der Waals surface area contributed by atoms with E-state index in [9.17, 15) is 35.4 Å². The molecule has 1 saturated heterocycles. The van der Waals surface area contributed by atoms with Gasteiger partial charge < -0.3 is 45.4 Å². The van der Waals surface area contributed by atoms with E-state index in [2.05, 4.69) is 42.6 Å². The molecule has 1 aromatic carbocycles. The number of unbranched alkanes of at least 4 members (excludes halogenated alkanes) is 32. The Kier molecular flexibility index (Phi) is 37.8. The third-order valence-corrected chi connectivity index (χ3v) is 13.8. The number of aliphatic hydroxyl groups excluding tert-OH is 6. The molecule has 1 heterocycles. The summed E-state index contributed by atoms with van der Waals surface area (Å²) in [6.07, 6.45) is 34.9. The standard InChI is InChI=1S/C55H101NO9/c1-2-3-4-5-6-7-8-22-25-28-31-37-42-48(58)51(60)47(45-64-55-54(63)53(62)52(61)49(44-57)65-55)56-50(59)43-38-32-29-26-23-20-18-16-14-12-10-9-11-13-15-17-19-21-24-27-30-34-39-46-40-35-33-36-41-46/h33,35-36,40-41,47-49,51-55,57-58,60-63H,2-32,34,37-39,42-45H2,1H3,(H,56,59)/t47-,48+,49?,51-,52?,53?,54-,55?/m0/s1. The predicted molar refractivity (Wildman–Crippen MR) is 266 cm³/mol. The fourth-order valence-electron chi connectivity index (χ4n) is 9.34. The van der Waals surface area contributed by atoms with E-state index in [1.807, 2.05) is 0 Å². The van der Waals surface area contributed by atoms with E-state index in [1.165, 1.54) is 179 Å². The summed E-state index contributed by atoms with van der Waals surface area (Å²) in [5.41, 5.74) is 1.47. The number of rotatable bonds is 45. The Morgan fingerprint density at radius 2 is 0.985 bits per heavy atom. The highest BCUT2D eigenvalue weighted by molar-refractivity contribution is 5.76. The van der Waals surface area contributed by atoms with Crippen molar-refractivity contribution < 1.29 is 44.9 Å². The second-order valence-electron chi connectivity index (χ2n) is 19.7. The van der Waals surface area contributed by atoms with Crippen LogP contribution in [0.3, 0.4) is 0 Å². The Hall–Kier alpha value is -1.63. The molecule has 1 aliphatic rings. The number of hydrogen-bond acceptors (Lipinski definition) is 9. The van der Waals surface area contributed by atoms with E-state index < -0.39 is 55.6 Å². The Morgan fingerprint density at radius 1 is 0.569 bits per heavy atom. The Balaban J connectivity index is 1.50. The van der Waals surface area contributed by atoms with E-state index in [0.717, 1.165) is 51.4 Å². The second-order valence-corrected chi connectivity index (χ2v) is 19.7. The van der Waals surface area contributed by atoms with Gasteiger partial charge in [0, 0.05) is 6.42 Å². The number of hydrogen-bond donors (Lipinski definition) is 7. The molecule has 1 fully saturated rings. The summed E-state index contributed by atoms with van der Waals surface area (Å²) in [5, 5.41) is 65.4. The lowest BCUT2D eigenvalue weighted by Crippen LogP contribution is -2.60. The fourth-order valence-corrected chi connectivity index (χ4v) is 9.34. The fraction of sp³-hybridized carbons (Fsp3) is 0.873. The molecule has 10 heteroatoms. The topological polar surface area (TPSA) is 169 Å². The van der Waals surface area contributed by atoms with Crippen LogP contribution >= 0.6 is 0 Å². The molecule has 1 aliphatic heterocycles. The molecule has 4 unspecified atom stereocenters. The molecule has 0 aromatic heterocycles. The van der Waals surface area contributed by atoms with Gasteiger partial charge in [0.25, 0.3) is 0 Å². The molecule has 0 saturated carbocycles. The smallest absolute Gasteiger partial charge is 0.220 e. The molecule has 65 heavy (non-hydrogen) atoms. The average Bonchev–Trinajstić information content (AvgIpc) is 3.31. The van der Waals surface area contributed by atoms with Crippen molar-refractivity contribution in [3.05, 3.63) is 35.9 Å². The van der Waals surface area contributed by atoms with Gasteiger partial charge in [-0.1, -0.05) is 243 Å². The van der Waals surface area contributed by atoms with Crippen molar-refractivity contribution >= 4 is 5.91 Å². The Bertz CT molecular complexity index is 1190. The van der Waals surface area contributed by atoms with Crippen LogP contribution in [0.2, 0.25) is 0 Å². The molecule has 380 valence electrons. The normalized spacial score (nSPS) is 20.2. The van der Waals surface area contributed by atoms with Crippen LogP contribution in [0.4, 0.5) is 0 Å². The number of amides is 1. The van der Waals surface area contributed by atoms with Gasteiger partial charge in [-0.2, -0.15) is 0 Å². The molecule has 1 amide bonds. The Labute approximate surface area is 397 Å². The summed E-state index contributed by atoms with van der Waals surface area (Å²) in [4.78, 5) is 13.1. The van der Waals surface area contributed by atoms with E-state index in [1.54, 1.807) is 0 Å². The zero-order valence-corrected chi connectivity index (χ0v) is 41.5. The maximum atomic E-state index is 13.1. The maximum Gasteiger partial charge on any atom is 0.220 e.